The SMILES string of the molecule is CC1(C)NC(=O)N(CC(=O)NC2CCN(c3cccnc3)C2)C1=O. The van der Waals surface area contributed by atoms with E-state index >= 15 is 0 Å². The van der Waals surface area contributed by atoms with E-state index in [1.165, 1.54) is 0 Å². The first-order valence-corrected chi connectivity index (χ1v) is 7.95. The van der Waals surface area contributed by atoms with Gasteiger partial charge in [0.15, 0.2) is 0 Å². The Balaban J connectivity index is 1.53. The number of aromatic nitrogens is 1. The molecule has 24 heavy (non-hydrogen) atoms. The second kappa shape index (κ2) is 6.10. The minimum Gasteiger partial charge on any atom is -0.368 e. The number of hydrogen-bond acceptors (Lipinski definition) is 5. The molecule has 0 radical (unpaired) electrons. The van der Waals surface area contributed by atoms with Gasteiger partial charge >= 0.3 is 6.03 Å². The van der Waals surface area contributed by atoms with Crippen molar-refractivity contribution < 1.29 is 14.4 Å². The summed E-state index contributed by atoms with van der Waals surface area (Å²) in [5.74, 6) is -0.708. The molecule has 2 saturated heterocycles. The van der Waals surface area contributed by atoms with Crippen molar-refractivity contribution in [2.75, 3.05) is 24.5 Å². The van der Waals surface area contributed by atoms with Gasteiger partial charge in [-0.05, 0) is 32.4 Å². The molecule has 1 aromatic heterocycles. The van der Waals surface area contributed by atoms with E-state index in [0.717, 1.165) is 23.6 Å². The monoisotopic (exact) mass is 331 g/mol. The molecule has 1 aromatic rings. The molecule has 3 rings (SSSR count). The first kappa shape index (κ1) is 16.2. The summed E-state index contributed by atoms with van der Waals surface area (Å²) in [4.78, 5) is 43.3. The van der Waals surface area contributed by atoms with Crippen LogP contribution in [0.3, 0.4) is 0 Å². The summed E-state index contributed by atoms with van der Waals surface area (Å²) >= 11 is 0. The van der Waals surface area contributed by atoms with Crippen molar-refractivity contribution in [1.29, 1.82) is 0 Å². The zero-order valence-corrected chi connectivity index (χ0v) is 13.8. The van der Waals surface area contributed by atoms with Gasteiger partial charge in [0.1, 0.15) is 12.1 Å². The molecule has 2 aliphatic heterocycles. The van der Waals surface area contributed by atoms with E-state index in [1.807, 2.05) is 12.1 Å². The molecule has 0 spiro atoms. The molecule has 3 heterocycles. The molecule has 2 fully saturated rings. The maximum absolute atomic E-state index is 12.2. The second-order valence-corrected chi connectivity index (χ2v) is 6.66. The van der Waals surface area contributed by atoms with Crippen LogP contribution in [0.25, 0.3) is 0 Å². The van der Waals surface area contributed by atoms with Gasteiger partial charge in [0, 0.05) is 25.3 Å². The largest absolute Gasteiger partial charge is 0.368 e. The number of nitrogens with zero attached hydrogens (tertiary/aromatic N) is 3. The van der Waals surface area contributed by atoms with Crippen LogP contribution < -0.4 is 15.5 Å². The number of hydrogen-bond donors (Lipinski definition) is 2. The van der Waals surface area contributed by atoms with Crippen LogP contribution in [0.1, 0.15) is 20.3 Å². The lowest BCUT2D eigenvalue weighted by molar-refractivity contribution is -0.134. The van der Waals surface area contributed by atoms with Crippen LogP contribution in [0.4, 0.5) is 10.5 Å². The molecule has 8 heteroatoms. The predicted molar refractivity (Wildman–Crippen MR) is 87.3 cm³/mol. The van der Waals surface area contributed by atoms with Gasteiger partial charge in [-0.2, -0.15) is 0 Å². The molecule has 0 saturated carbocycles. The lowest BCUT2D eigenvalue weighted by Gasteiger charge is -2.19. The topological polar surface area (TPSA) is 94.6 Å². The number of urea groups is 1. The zero-order chi connectivity index (χ0) is 17.3. The smallest absolute Gasteiger partial charge is 0.325 e. The molecular weight excluding hydrogens is 310 g/mol. The van der Waals surface area contributed by atoms with Gasteiger partial charge in [-0.15, -0.1) is 0 Å². The van der Waals surface area contributed by atoms with Crippen molar-refractivity contribution in [2.24, 2.45) is 0 Å². The van der Waals surface area contributed by atoms with E-state index in [1.54, 1.807) is 26.2 Å². The molecule has 0 aromatic carbocycles. The minimum atomic E-state index is -0.957. The summed E-state index contributed by atoms with van der Waals surface area (Å²) < 4.78 is 0. The summed E-state index contributed by atoms with van der Waals surface area (Å²) in [5.41, 5.74) is 0.0621. The van der Waals surface area contributed by atoms with Gasteiger partial charge in [-0.1, -0.05) is 0 Å². The van der Waals surface area contributed by atoms with Gasteiger partial charge in [-0.3, -0.25) is 19.5 Å². The summed E-state index contributed by atoms with van der Waals surface area (Å²) in [6.07, 6.45) is 4.32. The van der Waals surface area contributed by atoms with Crippen molar-refractivity contribution >= 4 is 23.5 Å². The van der Waals surface area contributed by atoms with Gasteiger partial charge in [-0.25, -0.2) is 4.79 Å². The van der Waals surface area contributed by atoms with Crippen LogP contribution in [0, 0.1) is 0 Å². The third kappa shape index (κ3) is 3.17. The Kier molecular flexibility index (Phi) is 4.13. The lowest BCUT2D eigenvalue weighted by Crippen LogP contribution is -2.46. The highest BCUT2D eigenvalue weighted by atomic mass is 16.2. The Morgan fingerprint density at radius 2 is 2.25 bits per heavy atom. The van der Waals surface area contributed by atoms with Crippen LogP contribution in [0.15, 0.2) is 24.5 Å². The van der Waals surface area contributed by atoms with Crippen molar-refractivity contribution in [3.8, 4) is 0 Å². The van der Waals surface area contributed by atoms with Gasteiger partial charge in [0.2, 0.25) is 5.91 Å². The van der Waals surface area contributed by atoms with E-state index in [-0.39, 0.29) is 24.4 Å². The minimum absolute atomic E-state index is 0.00789. The fraction of sp³-hybridized carbons (Fsp3) is 0.500. The summed E-state index contributed by atoms with van der Waals surface area (Å²) in [6, 6.07) is 3.32. The zero-order valence-electron chi connectivity index (χ0n) is 13.8. The fourth-order valence-electron chi connectivity index (χ4n) is 3.03. The maximum atomic E-state index is 12.2. The van der Waals surface area contributed by atoms with Gasteiger partial charge in [0.05, 0.1) is 11.9 Å². The van der Waals surface area contributed by atoms with Crippen LogP contribution in [0.5, 0.6) is 0 Å². The molecular formula is C16H21N5O3. The molecule has 0 bridgehead atoms. The molecule has 2 N–H and O–H groups in total. The highest BCUT2D eigenvalue weighted by Crippen LogP contribution is 2.19. The highest BCUT2D eigenvalue weighted by molar-refractivity contribution is 6.08. The molecule has 128 valence electrons. The summed E-state index contributed by atoms with van der Waals surface area (Å²) in [7, 11) is 0. The number of nitrogens with one attached hydrogen (secondary N) is 2. The van der Waals surface area contributed by atoms with Crippen molar-refractivity contribution in [1.82, 2.24) is 20.5 Å². The first-order chi connectivity index (χ1) is 11.4. The van der Waals surface area contributed by atoms with Crippen LogP contribution in [0.2, 0.25) is 0 Å². The van der Waals surface area contributed by atoms with Crippen LogP contribution >= 0.6 is 0 Å². The fourth-order valence-corrected chi connectivity index (χ4v) is 3.03. The van der Waals surface area contributed by atoms with E-state index in [2.05, 4.69) is 20.5 Å². The van der Waals surface area contributed by atoms with Crippen LogP contribution in [-0.4, -0.2) is 58.9 Å². The normalized spacial score (nSPS) is 22.7. The molecule has 0 aliphatic carbocycles. The van der Waals surface area contributed by atoms with Crippen molar-refractivity contribution in [3.63, 3.8) is 0 Å². The van der Waals surface area contributed by atoms with Gasteiger partial charge in [0.25, 0.3) is 5.91 Å². The Hall–Kier alpha value is -2.64. The van der Waals surface area contributed by atoms with Gasteiger partial charge < -0.3 is 15.5 Å². The Bertz CT molecular complexity index is 661. The number of carbonyl (C=O) groups excluding carboxylic acids is 3. The molecule has 1 atom stereocenters. The Morgan fingerprint density at radius 3 is 2.88 bits per heavy atom. The van der Waals surface area contributed by atoms with E-state index in [4.69, 9.17) is 0 Å². The van der Waals surface area contributed by atoms with Crippen molar-refractivity contribution in [3.05, 3.63) is 24.5 Å². The van der Waals surface area contributed by atoms with E-state index in [0.29, 0.717) is 6.54 Å². The maximum Gasteiger partial charge on any atom is 0.325 e. The quantitative estimate of drug-likeness (QED) is 0.764. The highest BCUT2D eigenvalue weighted by Gasteiger charge is 2.45. The average Bonchev–Trinajstić information content (AvgIpc) is 3.07. The Morgan fingerprint density at radius 1 is 1.46 bits per heavy atom. The summed E-state index contributed by atoms with van der Waals surface area (Å²) in [6.45, 7) is 4.50. The molecule has 1 unspecified atom stereocenters. The number of pyridine rings is 1. The number of anilines is 1. The third-order valence-electron chi connectivity index (χ3n) is 4.31. The number of carbonyl (C=O) groups is 3. The Labute approximate surface area is 140 Å². The van der Waals surface area contributed by atoms with Crippen molar-refractivity contribution in [2.45, 2.75) is 31.8 Å². The second-order valence-electron chi connectivity index (χ2n) is 6.66. The first-order valence-electron chi connectivity index (χ1n) is 7.95. The predicted octanol–water partition coefficient (Wildman–Crippen LogP) is 0.107. The molecule has 8 nitrogen and oxygen atoms in total. The molecule has 4 amide bonds. The average molecular weight is 331 g/mol. The lowest BCUT2D eigenvalue weighted by atomic mass is 10.1. The molecule has 2 aliphatic rings. The number of rotatable bonds is 4. The standard InChI is InChI=1S/C16H21N5O3/c1-16(2)14(23)21(15(24)19-16)10-13(22)18-11-5-7-20(9-11)12-4-3-6-17-8-12/h3-4,6,8,11H,5,7,9-10H2,1-2H3,(H,18,22)(H,19,24). The number of imide groups is 1. The van der Waals surface area contributed by atoms with Crippen LogP contribution in [-0.2, 0) is 9.59 Å². The number of amides is 4. The van der Waals surface area contributed by atoms with E-state index < -0.39 is 11.6 Å². The summed E-state index contributed by atoms with van der Waals surface area (Å²) in [5, 5.41) is 5.46. The third-order valence-corrected chi connectivity index (χ3v) is 4.31. The van der Waals surface area contributed by atoms with E-state index in [9.17, 15) is 14.4 Å².